The van der Waals surface area contributed by atoms with Gasteiger partial charge >= 0.3 is 6.18 Å². The molecule has 2 atom stereocenters. The molecule has 0 radical (unpaired) electrons. The summed E-state index contributed by atoms with van der Waals surface area (Å²) in [4.78, 5) is 13.3. The molecule has 2 rings (SSSR count). The Morgan fingerprint density at radius 2 is 2.10 bits per heavy atom. The van der Waals surface area contributed by atoms with E-state index >= 15 is 0 Å². The summed E-state index contributed by atoms with van der Waals surface area (Å²) in [6.07, 6.45) is 0.0501. The van der Waals surface area contributed by atoms with Crippen molar-refractivity contribution in [2.45, 2.75) is 43.9 Å². The summed E-state index contributed by atoms with van der Waals surface area (Å²) in [5.41, 5.74) is -0.628. The molecule has 116 valence electrons. The van der Waals surface area contributed by atoms with E-state index in [9.17, 15) is 23.1 Å². The molecule has 1 heterocycles. The Morgan fingerprint density at radius 3 is 2.80 bits per heavy atom. The van der Waals surface area contributed by atoms with Crippen LogP contribution >= 0.6 is 0 Å². The third-order valence-electron chi connectivity index (χ3n) is 4.36. The number of hydrogen-bond donors (Lipinski definition) is 2. The summed E-state index contributed by atoms with van der Waals surface area (Å²) < 4.78 is 36.0. The lowest BCUT2D eigenvalue weighted by atomic mass is 9.71. The number of nitrogens with one attached hydrogen (secondary N) is 1. The van der Waals surface area contributed by atoms with E-state index in [1.54, 1.807) is 0 Å². The number of halogens is 3. The van der Waals surface area contributed by atoms with Crippen LogP contribution in [0.2, 0.25) is 0 Å². The van der Waals surface area contributed by atoms with Crippen LogP contribution in [0.3, 0.4) is 0 Å². The number of alkyl halides is 3. The average Bonchev–Trinajstić information content (AvgIpc) is 2.36. The molecule has 1 aliphatic carbocycles. The zero-order valence-corrected chi connectivity index (χ0v) is 11.4. The van der Waals surface area contributed by atoms with Crippen molar-refractivity contribution in [1.29, 1.82) is 0 Å². The Kier molecular flexibility index (Phi) is 4.59. The van der Waals surface area contributed by atoms with Crippen molar-refractivity contribution in [2.75, 3.05) is 26.2 Å². The molecule has 1 saturated heterocycles. The lowest BCUT2D eigenvalue weighted by Crippen LogP contribution is -2.55. The molecule has 2 unspecified atom stereocenters. The number of nitrogens with zero attached hydrogens (tertiary/aromatic N) is 1. The van der Waals surface area contributed by atoms with Gasteiger partial charge in [-0.3, -0.25) is 9.69 Å². The smallest absolute Gasteiger partial charge is 0.390 e. The highest BCUT2D eigenvalue weighted by Gasteiger charge is 2.42. The van der Waals surface area contributed by atoms with E-state index in [2.05, 4.69) is 0 Å². The maximum absolute atomic E-state index is 12.0. The number of carbonyl (C=O) groups is 1. The molecule has 0 spiro atoms. The number of fused-ring (bicyclic) bond motifs is 1. The first kappa shape index (κ1) is 15.6. The number of piperidine rings is 1. The zero-order valence-electron chi connectivity index (χ0n) is 11.4. The number of aliphatic hydroxyl groups is 1. The van der Waals surface area contributed by atoms with Crippen LogP contribution < -0.4 is 5.32 Å². The van der Waals surface area contributed by atoms with Gasteiger partial charge in [-0.15, -0.1) is 0 Å². The number of amides is 1. The molecule has 1 saturated carbocycles. The van der Waals surface area contributed by atoms with E-state index in [1.807, 2.05) is 10.2 Å². The Hall–Kier alpha value is -0.820. The van der Waals surface area contributed by atoms with E-state index in [0.717, 1.165) is 25.7 Å². The van der Waals surface area contributed by atoms with E-state index in [1.165, 1.54) is 0 Å². The fraction of sp³-hybridized carbons (Fsp3) is 0.923. The first-order valence-electron chi connectivity index (χ1n) is 7.07. The molecule has 7 heteroatoms. The topological polar surface area (TPSA) is 52.6 Å². The minimum Gasteiger partial charge on any atom is -0.390 e. The van der Waals surface area contributed by atoms with Crippen molar-refractivity contribution in [1.82, 2.24) is 10.2 Å². The van der Waals surface area contributed by atoms with Crippen molar-refractivity contribution in [2.24, 2.45) is 5.92 Å². The average molecular weight is 294 g/mol. The molecule has 2 fully saturated rings. The molecule has 0 aromatic rings. The predicted octanol–water partition coefficient (Wildman–Crippen LogP) is 1.29. The van der Waals surface area contributed by atoms with Gasteiger partial charge in [-0.25, -0.2) is 0 Å². The molecule has 20 heavy (non-hydrogen) atoms. The van der Waals surface area contributed by atoms with Gasteiger partial charge in [0.1, 0.15) is 6.54 Å². The van der Waals surface area contributed by atoms with Gasteiger partial charge in [-0.05, 0) is 19.3 Å². The summed E-state index contributed by atoms with van der Waals surface area (Å²) in [5, 5.41) is 12.4. The molecular weight excluding hydrogens is 273 g/mol. The van der Waals surface area contributed by atoms with Crippen LogP contribution in [-0.2, 0) is 4.79 Å². The third-order valence-corrected chi connectivity index (χ3v) is 4.36. The second-order valence-electron chi connectivity index (χ2n) is 5.92. The highest BCUT2D eigenvalue weighted by Crippen LogP contribution is 2.39. The number of likely N-dealkylation sites (tertiary alicyclic amines) is 1. The highest BCUT2D eigenvalue weighted by atomic mass is 19.4. The van der Waals surface area contributed by atoms with Gasteiger partial charge in [0.25, 0.3) is 0 Å². The standard InChI is InChI=1S/C13H21F3N2O2/c14-13(15,16)9-17-11(19)8-18-6-5-12(20)4-2-1-3-10(12)7-18/h10,20H,1-9H2,(H,17,19). The molecule has 1 amide bonds. The quantitative estimate of drug-likeness (QED) is 0.825. The largest absolute Gasteiger partial charge is 0.405 e. The first-order valence-corrected chi connectivity index (χ1v) is 7.07. The Labute approximate surface area is 116 Å². The van der Waals surface area contributed by atoms with E-state index in [4.69, 9.17) is 0 Å². The summed E-state index contributed by atoms with van der Waals surface area (Å²) >= 11 is 0. The van der Waals surface area contributed by atoms with E-state index in [0.29, 0.717) is 19.5 Å². The van der Waals surface area contributed by atoms with Crippen LogP contribution in [0.25, 0.3) is 0 Å². The van der Waals surface area contributed by atoms with Crippen molar-refractivity contribution in [3.8, 4) is 0 Å². The molecular formula is C13H21F3N2O2. The van der Waals surface area contributed by atoms with Crippen molar-refractivity contribution in [3.05, 3.63) is 0 Å². The molecule has 1 aliphatic heterocycles. The Morgan fingerprint density at radius 1 is 1.35 bits per heavy atom. The van der Waals surface area contributed by atoms with Crippen LogP contribution in [0.4, 0.5) is 13.2 Å². The minimum absolute atomic E-state index is 0.0251. The molecule has 0 bridgehead atoms. The summed E-state index contributed by atoms with van der Waals surface area (Å²) in [6.45, 7) is -0.155. The lowest BCUT2D eigenvalue weighted by molar-refractivity contribution is -0.141. The summed E-state index contributed by atoms with van der Waals surface area (Å²) in [6, 6.07) is 0. The van der Waals surface area contributed by atoms with Crippen LogP contribution in [-0.4, -0.2) is 53.9 Å². The second-order valence-corrected chi connectivity index (χ2v) is 5.92. The van der Waals surface area contributed by atoms with Crippen molar-refractivity contribution >= 4 is 5.91 Å². The van der Waals surface area contributed by atoms with E-state index < -0.39 is 24.2 Å². The Bertz CT molecular complexity index is 362. The van der Waals surface area contributed by atoms with Gasteiger partial charge in [0.15, 0.2) is 0 Å². The molecule has 0 aromatic heterocycles. The van der Waals surface area contributed by atoms with Gasteiger partial charge < -0.3 is 10.4 Å². The Balaban J connectivity index is 1.79. The molecule has 2 aliphatic rings. The SMILES string of the molecule is O=C(CN1CCC2(O)CCCCC2C1)NCC(F)(F)F. The van der Waals surface area contributed by atoms with Crippen LogP contribution in [0.1, 0.15) is 32.1 Å². The molecule has 2 N–H and O–H groups in total. The maximum atomic E-state index is 12.0. The van der Waals surface area contributed by atoms with Gasteiger partial charge in [0.2, 0.25) is 5.91 Å². The van der Waals surface area contributed by atoms with E-state index in [-0.39, 0.29) is 12.5 Å². The zero-order chi connectivity index (χ0) is 14.8. The number of rotatable bonds is 3. The lowest BCUT2D eigenvalue weighted by Gasteiger charge is -2.47. The number of hydrogen-bond acceptors (Lipinski definition) is 3. The van der Waals surface area contributed by atoms with Crippen LogP contribution in [0, 0.1) is 5.92 Å². The van der Waals surface area contributed by atoms with Gasteiger partial charge in [-0.2, -0.15) is 13.2 Å². The van der Waals surface area contributed by atoms with Crippen molar-refractivity contribution in [3.63, 3.8) is 0 Å². The van der Waals surface area contributed by atoms with Crippen LogP contribution in [0.5, 0.6) is 0 Å². The maximum Gasteiger partial charge on any atom is 0.405 e. The fourth-order valence-corrected chi connectivity index (χ4v) is 3.24. The highest BCUT2D eigenvalue weighted by molar-refractivity contribution is 5.78. The second kappa shape index (κ2) is 5.89. The van der Waals surface area contributed by atoms with Gasteiger partial charge in [0, 0.05) is 19.0 Å². The molecule has 4 nitrogen and oxygen atoms in total. The number of carbonyl (C=O) groups excluding carboxylic acids is 1. The van der Waals surface area contributed by atoms with Gasteiger partial charge in [-0.1, -0.05) is 12.8 Å². The van der Waals surface area contributed by atoms with Crippen molar-refractivity contribution < 1.29 is 23.1 Å². The van der Waals surface area contributed by atoms with Crippen LogP contribution in [0.15, 0.2) is 0 Å². The minimum atomic E-state index is -4.37. The predicted molar refractivity (Wildman–Crippen MR) is 67.0 cm³/mol. The summed E-state index contributed by atoms with van der Waals surface area (Å²) in [5.74, 6) is -0.469. The monoisotopic (exact) mass is 294 g/mol. The fourth-order valence-electron chi connectivity index (χ4n) is 3.24. The third kappa shape index (κ3) is 4.09. The molecule has 0 aromatic carbocycles. The van der Waals surface area contributed by atoms with Gasteiger partial charge in [0.05, 0.1) is 12.1 Å². The summed E-state index contributed by atoms with van der Waals surface area (Å²) in [7, 11) is 0. The normalized spacial score (nSPS) is 31.7. The first-order chi connectivity index (χ1) is 9.28.